The number of pyridine rings is 1. The van der Waals surface area contributed by atoms with Gasteiger partial charge < -0.3 is 19.9 Å². The molecule has 0 unspecified atom stereocenters. The topological polar surface area (TPSA) is 72.5 Å². The molecule has 0 aromatic carbocycles. The number of aromatic amines is 1. The quantitative estimate of drug-likeness (QED) is 0.819. The lowest BCUT2D eigenvalue weighted by Crippen LogP contribution is -2.53. The molecule has 0 aliphatic carbocycles. The number of H-pyrrole nitrogens is 1. The van der Waals surface area contributed by atoms with Crippen LogP contribution in [0.5, 0.6) is 0 Å². The highest BCUT2D eigenvalue weighted by atomic mass is 16.4. The highest BCUT2D eigenvalue weighted by molar-refractivity contribution is 5.89. The lowest BCUT2D eigenvalue weighted by molar-refractivity contribution is 0.123. The summed E-state index contributed by atoms with van der Waals surface area (Å²) in [5.41, 5.74) is 3.00. The molecule has 6 nitrogen and oxygen atoms in total. The van der Waals surface area contributed by atoms with E-state index in [2.05, 4.69) is 14.9 Å². The van der Waals surface area contributed by atoms with Crippen molar-refractivity contribution in [3.05, 3.63) is 24.5 Å². The number of hydrogen-bond donors (Lipinski definition) is 2. The predicted molar refractivity (Wildman–Crippen MR) is 72.5 cm³/mol. The van der Waals surface area contributed by atoms with Gasteiger partial charge >= 0.3 is 6.09 Å². The maximum absolute atomic E-state index is 11.1. The van der Waals surface area contributed by atoms with Gasteiger partial charge in [-0.25, -0.2) is 4.79 Å². The molecule has 19 heavy (non-hydrogen) atoms. The van der Waals surface area contributed by atoms with Crippen LogP contribution in [0.15, 0.2) is 24.5 Å². The van der Waals surface area contributed by atoms with E-state index in [9.17, 15) is 4.79 Å². The van der Waals surface area contributed by atoms with Crippen molar-refractivity contribution in [1.82, 2.24) is 14.9 Å². The molecule has 0 radical (unpaired) electrons. The van der Waals surface area contributed by atoms with Gasteiger partial charge in [-0.3, -0.25) is 4.98 Å². The maximum Gasteiger partial charge on any atom is 0.407 e. The average molecular weight is 260 g/mol. The Balaban J connectivity index is 1.86. The van der Waals surface area contributed by atoms with Crippen LogP contribution in [0, 0.1) is 0 Å². The highest BCUT2D eigenvalue weighted by Gasteiger charge is 2.28. The first-order valence-electron chi connectivity index (χ1n) is 6.33. The van der Waals surface area contributed by atoms with Crippen molar-refractivity contribution < 1.29 is 9.90 Å². The van der Waals surface area contributed by atoms with E-state index >= 15 is 0 Å². The monoisotopic (exact) mass is 260 g/mol. The van der Waals surface area contributed by atoms with Crippen molar-refractivity contribution in [2.45, 2.75) is 13.0 Å². The van der Waals surface area contributed by atoms with Crippen LogP contribution >= 0.6 is 0 Å². The van der Waals surface area contributed by atoms with Crippen LogP contribution < -0.4 is 4.90 Å². The number of piperazine rings is 1. The molecule has 0 spiro atoms. The normalized spacial score (nSPS) is 19.9. The molecule has 1 fully saturated rings. The summed E-state index contributed by atoms with van der Waals surface area (Å²) in [5, 5.41) is 9.09. The van der Waals surface area contributed by atoms with E-state index in [0.29, 0.717) is 19.6 Å². The number of carbonyl (C=O) groups is 1. The molecule has 6 heteroatoms. The Hall–Kier alpha value is -2.24. The zero-order chi connectivity index (χ0) is 13.4. The molecule has 100 valence electrons. The average Bonchev–Trinajstić information content (AvgIpc) is 2.82. The molecule has 0 saturated carbocycles. The molecule has 1 amide bonds. The van der Waals surface area contributed by atoms with Gasteiger partial charge in [0.1, 0.15) is 5.52 Å². The van der Waals surface area contributed by atoms with Gasteiger partial charge in [-0.05, 0) is 19.1 Å². The Morgan fingerprint density at radius 1 is 1.53 bits per heavy atom. The van der Waals surface area contributed by atoms with Crippen LogP contribution in [0.1, 0.15) is 6.92 Å². The van der Waals surface area contributed by atoms with E-state index < -0.39 is 6.09 Å². The summed E-state index contributed by atoms with van der Waals surface area (Å²) < 4.78 is 0. The second kappa shape index (κ2) is 4.46. The number of rotatable bonds is 1. The molecule has 3 rings (SSSR count). The summed E-state index contributed by atoms with van der Waals surface area (Å²) in [6.45, 7) is 3.84. The van der Waals surface area contributed by atoms with Gasteiger partial charge in [0.2, 0.25) is 0 Å². The van der Waals surface area contributed by atoms with Gasteiger partial charge in [0.05, 0.1) is 11.2 Å². The molecule has 0 bridgehead atoms. The van der Waals surface area contributed by atoms with Crippen LogP contribution in [0.4, 0.5) is 10.5 Å². The number of anilines is 1. The molecule has 1 saturated heterocycles. The van der Waals surface area contributed by atoms with Crippen molar-refractivity contribution in [2.75, 3.05) is 24.5 Å². The van der Waals surface area contributed by atoms with E-state index in [0.717, 1.165) is 16.7 Å². The van der Waals surface area contributed by atoms with Crippen LogP contribution in [0.2, 0.25) is 0 Å². The number of aromatic nitrogens is 2. The fraction of sp³-hybridized carbons (Fsp3) is 0.385. The Labute approximate surface area is 110 Å². The third-order valence-electron chi connectivity index (χ3n) is 3.63. The Morgan fingerprint density at radius 3 is 3.11 bits per heavy atom. The lowest BCUT2D eigenvalue weighted by atomic mass is 10.2. The van der Waals surface area contributed by atoms with Gasteiger partial charge in [-0.15, -0.1) is 0 Å². The number of carboxylic acid groups (broad SMARTS) is 1. The molecule has 1 atom stereocenters. The molecule has 1 aliphatic heterocycles. The van der Waals surface area contributed by atoms with E-state index in [1.807, 2.05) is 25.3 Å². The fourth-order valence-corrected chi connectivity index (χ4v) is 2.64. The maximum atomic E-state index is 11.1. The summed E-state index contributed by atoms with van der Waals surface area (Å²) in [7, 11) is 0. The summed E-state index contributed by atoms with van der Waals surface area (Å²) >= 11 is 0. The molecule has 2 N–H and O–H groups in total. The third kappa shape index (κ3) is 1.99. The molecule has 2 aromatic heterocycles. The highest BCUT2D eigenvalue weighted by Crippen LogP contribution is 2.26. The molecular weight excluding hydrogens is 244 g/mol. The zero-order valence-electron chi connectivity index (χ0n) is 10.7. The Morgan fingerprint density at radius 2 is 2.37 bits per heavy atom. The van der Waals surface area contributed by atoms with Crippen LogP contribution in [0.25, 0.3) is 11.0 Å². The zero-order valence-corrected chi connectivity index (χ0v) is 10.7. The number of fused-ring (bicyclic) bond motifs is 1. The van der Waals surface area contributed by atoms with Gasteiger partial charge in [-0.1, -0.05) is 0 Å². The Bertz CT molecular complexity index is 609. The first kappa shape index (κ1) is 11.8. The first-order chi connectivity index (χ1) is 9.16. The van der Waals surface area contributed by atoms with Crippen molar-refractivity contribution >= 4 is 22.8 Å². The van der Waals surface area contributed by atoms with Gasteiger partial charge in [-0.2, -0.15) is 0 Å². The summed E-state index contributed by atoms with van der Waals surface area (Å²) in [6.07, 6.45) is 2.88. The van der Waals surface area contributed by atoms with Crippen molar-refractivity contribution in [1.29, 1.82) is 0 Å². The minimum absolute atomic E-state index is 0.0140. The fourth-order valence-electron chi connectivity index (χ4n) is 2.64. The lowest BCUT2D eigenvalue weighted by Gasteiger charge is -2.39. The molecular formula is C13H16N4O2. The summed E-state index contributed by atoms with van der Waals surface area (Å²) in [4.78, 5) is 22.3. The van der Waals surface area contributed by atoms with Crippen LogP contribution in [-0.4, -0.2) is 51.7 Å². The minimum atomic E-state index is -0.843. The minimum Gasteiger partial charge on any atom is -0.465 e. The number of nitrogens with one attached hydrogen (secondary N) is 1. The second-order valence-corrected chi connectivity index (χ2v) is 4.84. The van der Waals surface area contributed by atoms with Crippen LogP contribution in [-0.2, 0) is 0 Å². The first-order valence-corrected chi connectivity index (χ1v) is 6.33. The van der Waals surface area contributed by atoms with E-state index in [1.54, 1.807) is 6.20 Å². The smallest absolute Gasteiger partial charge is 0.407 e. The molecule has 2 aromatic rings. The predicted octanol–water partition coefficient (Wildman–Crippen LogP) is 1.75. The molecule has 1 aliphatic rings. The van der Waals surface area contributed by atoms with Crippen molar-refractivity contribution in [3.63, 3.8) is 0 Å². The summed E-state index contributed by atoms with van der Waals surface area (Å²) in [5.74, 6) is 0. The summed E-state index contributed by atoms with van der Waals surface area (Å²) in [6, 6.07) is 3.87. The van der Waals surface area contributed by atoms with Crippen molar-refractivity contribution in [2.24, 2.45) is 0 Å². The standard InChI is InChI=1S/C13H16N4O2/c1-9-8-16(5-6-17(9)13(18)19)11-7-15-10-3-2-4-14-12(10)11/h2-4,7,9,15H,5-6,8H2,1H3,(H,18,19)/t9-/m0/s1. The van der Waals surface area contributed by atoms with Crippen molar-refractivity contribution in [3.8, 4) is 0 Å². The van der Waals surface area contributed by atoms with Gasteiger partial charge in [0, 0.05) is 38.1 Å². The molecule has 3 heterocycles. The van der Waals surface area contributed by atoms with E-state index in [4.69, 9.17) is 5.11 Å². The second-order valence-electron chi connectivity index (χ2n) is 4.84. The van der Waals surface area contributed by atoms with Crippen LogP contribution in [0.3, 0.4) is 0 Å². The van der Waals surface area contributed by atoms with E-state index in [-0.39, 0.29) is 6.04 Å². The van der Waals surface area contributed by atoms with Gasteiger partial charge in [0.15, 0.2) is 0 Å². The third-order valence-corrected chi connectivity index (χ3v) is 3.63. The van der Waals surface area contributed by atoms with E-state index in [1.165, 1.54) is 4.90 Å². The number of nitrogens with zero attached hydrogens (tertiary/aromatic N) is 3. The number of hydrogen-bond acceptors (Lipinski definition) is 3. The Kier molecular flexibility index (Phi) is 2.77. The van der Waals surface area contributed by atoms with Gasteiger partial charge in [0.25, 0.3) is 0 Å². The number of amides is 1. The SMILES string of the molecule is C[C@H]1CN(c2c[nH]c3cccnc23)CCN1C(=O)O. The largest absolute Gasteiger partial charge is 0.465 e.